The molecule has 2 aromatic rings. The fourth-order valence-electron chi connectivity index (χ4n) is 3.79. The number of hydrogen-bond acceptors (Lipinski definition) is 5. The molecule has 2 N–H and O–H groups in total. The predicted octanol–water partition coefficient (Wildman–Crippen LogP) is 5.76. The zero-order chi connectivity index (χ0) is 28.6. The summed E-state index contributed by atoms with van der Waals surface area (Å²) in [7, 11) is 0. The van der Waals surface area contributed by atoms with Crippen LogP contribution in [0.1, 0.15) is 63.8 Å². The normalized spacial score (nSPS) is 13.4. The second-order valence-electron chi connectivity index (χ2n) is 9.97. The lowest BCUT2D eigenvalue weighted by atomic mass is 9.98. The van der Waals surface area contributed by atoms with Crippen LogP contribution in [0.15, 0.2) is 42.5 Å². The van der Waals surface area contributed by atoms with Crippen molar-refractivity contribution in [3.8, 4) is 12.3 Å². The SMILES string of the molecule is C#Cc1ccc(C(C(=O)Nc2c(C)cccc2Cl)N(C(=O)C(CS)NC(=O)OC(C)(C)C)C(C)CC)cc1. The minimum atomic E-state index is -1.05. The molecule has 0 fully saturated rings. The lowest BCUT2D eigenvalue weighted by Gasteiger charge is -2.38. The van der Waals surface area contributed by atoms with Gasteiger partial charge in [-0.05, 0) is 70.4 Å². The third kappa shape index (κ3) is 8.17. The summed E-state index contributed by atoms with van der Waals surface area (Å²) < 4.78 is 5.34. The van der Waals surface area contributed by atoms with Gasteiger partial charge in [0.15, 0.2) is 0 Å². The molecule has 2 rings (SSSR count). The Morgan fingerprint density at radius 3 is 2.29 bits per heavy atom. The van der Waals surface area contributed by atoms with Gasteiger partial charge in [-0.2, -0.15) is 12.6 Å². The van der Waals surface area contributed by atoms with Crippen LogP contribution in [-0.2, 0) is 14.3 Å². The molecule has 0 saturated carbocycles. The van der Waals surface area contributed by atoms with Crippen LogP contribution in [0.2, 0.25) is 5.02 Å². The molecule has 0 aromatic heterocycles. The number of hydrogen-bond donors (Lipinski definition) is 3. The van der Waals surface area contributed by atoms with E-state index in [9.17, 15) is 14.4 Å². The van der Waals surface area contributed by atoms with Crippen molar-refractivity contribution in [1.29, 1.82) is 0 Å². The second kappa shape index (κ2) is 13.6. The first-order valence-electron chi connectivity index (χ1n) is 12.4. The summed E-state index contributed by atoms with van der Waals surface area (Å²) >= 11 is 10.7. The average molecular weight is 558 g/mol. The van der Waals surface area contributed by atoms with E-state index < -0.39 is 35.6 Å². The number of nitrogens with one attached hydrogen (secondary N) is 2. The van der Waals surface area contributed by atoms with Gasteiger partial charge in [-0.1, -0.05) is 48.7 Å². The van der Waals surface area contributed by atoms with Crippen LogP contribution in [0.3, 0.4) is 0 Å². The Morgan fingerprint density at radius 2 is 1.79 bits per heavy atom. The van der Waals surface area contributed by atoms with Crippen LogP contribution in [-0.4, -0.2) is 46.2 Å². The van der Waals surface area contributed by atoms with Crippen LogP contribution in [0.5, 0.6) is 0 Å². The van der Waals surface area contributed by atoms with Gasteiger partial charge in [0, 0.05) is 17.4 Å². The highest BCUT2D eigenvalue weighted by Gasteiger charge is 2.38. The van der Waals surface area contributed by atoms with E-state index in [1.807, 2.05) is 26.8 Å². The van der Waals surface area contributed by atoms with E-state index in [1.54, 1.807) is 57.2 Å². The van der Waals surface area contributed by atoms with Crippen molar-refractivity contribution in [1.82, 2.24) is 10.2 Å². The van der Waals surface area contributed by atoms with Crippen LogP contribution < -0.4 is 10.6 Å². The Kier molecular flexibility index (Phi) is 11.1. The van der Waals surface area contributed by atoms with Gasteiger partial charge in [-0.3, -0.25) is 9.59 Å². The Morgan fingerprint density at radius 1 is 1.16 bits per heavy atom. The quantitative estimate of drug-likeness (QED) is 0.270. The third-order valence-corrected chi connectivity index (χ3v) is 6.56. The Hall–Kier alpha value is -3.15. The van der Waals surface area contributed by atoms with Gasteiger partial charge < -0.3 is 20.3 Å². The summed E-state index contributed by atoms with van der Waals surface area (Å²) in [5, 5.41) is 5.89. The van der Waals surface area contributed by atoms with Crippen LogP contribution in [0.4, 0.5) is 10.5 Å². The third-order valence-electron chi connectivity index (χ3n) is 5.88. The average Bonchev–Trinajstić information content (AvgIpc) is 2.86. The molecule has 0 aliphatic heterocycles. The Balaban J connectivity index is 2.57. The Bertz CT molecular complexity index is 1170. The summed E-state index contributed by atoms with van der Waals surface area (Å²) in [4.78, 5) is 41.9. The van der Waals surface area contributed by atoms with Crippen molar-refractivity contribution in [2.75, 3.05) is 11.1 Å². The van der Waals surface area contributed by atoms with Gasteiger partial charge >= 0.3 is 6.09 Å². The number of anilines is 1. The van der Waals surface area contributed by atoms with Crippen molar-refractivity contribution >= 4 is 47.8 Å². The standard InChI is InChI=1S/C29H36ClN3O4S/c1-8-19(4)33(27(35)23(17-38)31-28(36)37-29(5,6)7)25(21-15-13-20(9-2)14-16-21)26(34)32-24-18(3)11-10-12-22(24)30/h2,10-16,19,23,25,38H,8,17H2,1,3-7H3,(H,31,36)(H,32,34). The largest absolute Gasteiger partial charge is 0.444 e. The summed E-state index contributed by atoms with van der Waals surface area (Å²) in [6, 6.07) is 9.70. The molecule has 0 radical (unpaired) electrons. The van der Waals surface area contributed by atoms with Gasteiger partial charge in [0.05, 0.1) is 10.7 Å². The van der Waals surface area contributed by atoms with E-state index in [4.69, 9.17) is 22.8 Å². The summed E-state index contributed by atoms with van der Waals surface area (Å²) in [6.07, 6.45) is 5.33. The maximum Gasteiger partial charge on any atom is 0.408 e. The molecule has 2 aromatic carbocycles. The number of thiol groups is 1. The number of benzene rings is 2. The van der Waals surface area contributed by atoms with E-state index in [1.165, 1.54) is 4.90 Å². The second-order valence-corrected chi connectivity index (χ2v) is 10.7. The molecule has 0 spiro atoms. The first kappa shape index (κ1) is 31.1. The minimum Gasteiger partial charge on any atom is -0.444 e. The smallest absolute Gasteiger partial charge is 0.408 e. The number of halogens is 1. The van der Waals surface area contributed by atoms with Crippen LogP contribution in [0, 0.1) is 19.3 Å². The zero-order valence-electron chi connectivity index (χ0n) is 22.7. The van der Waals surface area contributed by atoms with Crippen molar-refractivity contribution in [2.24, 2.45) is 0 Å². The molecule has 7 nitrogen and oxygen atoms in total. The number of ether oxygens (including phenoxy) is 1. The van der Waals surface area contributed by atoms with Crippen molar-refractivity contribution in [2.45, 2.75) is 71.7 Å². The minimum absolute atomic E-state index is 0.000990. The van der Waals surface area contributed by atoms with Crippen LogP contribution >= 0.6 is 24.2 Å². The molecule has 0 saturated heterocycles. The maximum absolute atomic E-state index is 14.0. The predicted molar refractivity (Wildman–Crippen MR) is 156 cm³/mol. The molecule has 0 bridgehead atoms. The molecule has 0 heterocycles. The first-order chi connectivity index (χ1) is 17.8. The molecule has 3 amide bonds. The lowest BCUT2D eigenvalue weighted by Crippen LogP contribution is -2.55. The molecule has 3 atom stereocenters. The van der Waals surface area contributed by atoms with E-state index in [0.29, 0.717) is 28.3 Å². The number of amides is 3. The van der Waals surface area contributed by atoms with Gasteiger partial charge in [0.2, 0.25) is 5.91 Å². The zero-order valence-corrected chi connectivity index (χ0v) is 24.3. The molecule has 204 valence electrons. The first-order valence-corrected chi connectivity index (χ1v) is 13.4. The molecule has 38 heavy (non-hydrogen) atoms. The van der Waals surface area contributed by atoms with Gasteiger partial charge in [-0.15, -0.1) is 6.42 Å². The number of rotatable bonds is 9. The molecule has 0 aliphatic carbocycles. The highest BCUT2D eigenvalue weighted by molar-refractivity contribution is 7.80. The van der Waals surface area contributed by atoms with E-state index >= 15 is 0 Å². The number of carbonyl (C=O) groups is 3. The summed E-state index contributed by atoms with van der Waals surface area (Å²) in [6.45, 7) is 10.8. The van der Waals surface area contributed by atoms with Crippen molar-refractivity contribution in [3.63, 3.8) is 0 Å². The Labute approximate surface area is 236 Å². The number of para-hydroxylation sites is 1. The summed E-state index contributed by atoms with van der Waals surface area (Å²) in [5.41, 5.74) is 1.66. The molecular weight excluding hydrogens is 522 g/mol. The molecule has 3 unspecified atom stereocenters. The highest BCUT2D eigenvalue weighted by Crippen LogP contribution is 2.31. The van der Waals surface area contributed by atoms with E-state index in [-0.39, 0.29) is 11.8 Å². The highest BCUT2D eigenvalue weighted by atomic mass is 35.5. The monoisotopic (exact) mass is 557 g/mol. The van der Waals surface area contributed by atoms with E-state index in [2.05, 4.69) is 29.2 Å². The summed E-state index contributed by atoms with van der Waals surface area (Å²) in [5.74, 6) is 1.63. The fourth-order valence-corrected chi connectivity index (χ4v) is 4.31. The topological polar surface area (TPSA) is 87.7 Å². The number of carbonyl (C=O) groups excluding carboxylic acids is 3. The van der Waals surface area contributed by atoms with E-state index in [0.717, 1.165) is 5.56 Å². The fraction of sp³-hybridized carbons (Fsp3) is 0.414. The van der Waals surface area contributed by atoms with Crippen molar-refractivity contribution in [3.05, 3.63) is 64.2 Å². The molecular formula is C29H36ClN3O4S. The van der Waals surface area contributed by atoms with Gasteiger partial charge in [0.25, 0.3) is 5.91 Å². The lowest BCUT2D eigenvalue weighted by molar-refractivity contribution is -0.142. The van der Waals surface area contributed by atoms with Gasteiger partial charge in [-0.25, -0.2) is 4.79 Å². The number of aryl methyl sites for hydroxylation is 1. The number of alkyl carbamates (subject to hydrolysis) is 1. The van der Waals surface area contributed by atoms with Crippen LogP contribution in [0.25, 0.3) is 0 Å². The number of terminal acetylenes is 1. The number of nitrogens with zero attached hydrogens (tertiary/aromatic N) is 1. The maximum atomic E-state index is 14.0. The molecule has 0 aliphatic rings. The van der Waals surface area contributed by atoms with Gasteiger partial charge in [0.1, 0.15) is 17.7 Å². The molecule has 9 heteroatoms. The van der Waals surface area contributed by atoms with Crippen molar-refractivity contribution < 1.29 is 19.1 Å².